The molecule has 4 heteroatoms. The van der Waals surface area contributed by atoms with Crippen molar-refractivity contribution in [2.45, 2.75) is 25.0 Å². The van der Waals surface area contributed by atoms with E-state index in [4.69, 9.17) is 15.2 Å². The third-order valence-electron chi connectivity index (χ3n) is 2.92. The summed E-state index contributed by atoms with van der Waals surface area (Å²) in [4.78, 5) is 0. The van der Waals surface area contributed by atoms with Gasteiger partial charge in [0.1, 0.15) is 11.6 Å². The summed E-state index contributed by atoms with van der Waals surface area (Å²) in [7, 11) is 1.55. The highest BCUT2D eigenvalue weighted by molar-refractivity contribution is 5.37. The molecule has 2 rings (SSSR count). The van der Waals surface area contributed by atoms with Crippen LogP contribution in [0.4, 0.5) is 4.39 Å². The first-order valence-electron chi connectivity index (χ1n) is 5.43. The van der Waals surface area contributed by atoms with Crippen LogP contribution in [0.15, 0.2) is 18.2 Å². The van der Waals surface area contributed by atoms with Crippen molar-refractivity contribution >= 4 is 0 Å². The number of hydrogen-bond acceptors (Lipinski definition) is 3. The predicted octanol–water partition coefficient (Wildman–Crippen LogP) is 2.01. The van der Waals surface area contributed by atoms with Crippen molar-refractivity contribution in [1.82, 2.24) is 0 Å². The Morgan fingerprint density at radius 3 is 3.00 bits per heavy atom. The van der Waals surface area contributed by atoms with Crippen molar-refractivity contribution < 1.29 is 13.9 Å². The van der Waals surface area contributed by atoms with Gasteiger partial charge in [0.05, 0.1) is 19.3 Å². The zero-order valence-electron chi connectivity index (χ0n) is 9.28. The van der Waals surface area contributed by atoms with Crippen molar-refractivity contribution in [2.75, 3.05) is 13.7 Å². The van der Waals surface area contributed by atoms with E-state index in [1.807, 2.05) is 0 Å². The number of rotatable bonds is 3. The van der Waals surface area contributed by atoms with E-state index >= 15 is 0 Å². The molecule has 2 atom stereocenters. The second-order valence-electron chi connectivity index (χ2n) is 3.96. The maximum Gasteiger partial charge on any atom is 0.123 e. The molecule has 1 aromatic rings. The molecule has 2 N–H and O–H groups in total. The molecule has 0 saturated carbocycles. The van der Waals surface area contributed by atoms with Crippen LogP contribution in [0, 0.1) is 5.82 Å². The lowest BCUT2D eigenvalue weighted by Gasteiger charge is -2.21. The first-order chi connectivity index (χ1) is 7.72. The topological polar surface area (TPSA) is 44.5 Å². The molecule has 0 bridgehead atoms. The quantitative estimate of drug-likeness (QED) is 0.855. The number of halogens is 1. The van der Waals surface area contributed by atoms with E-state index in [0.717, 1.165) is 19.4 Å². The number of benzene rings is 1. The van der Waals surface area contributed by atoms with Crippen LogP contribution in [0.1, 0.15) is 24.4 Å². The Balaban J connectivity index is 2.26. The van der Waals surface area contributed by atoms with Gasteiger partial charge < -0.3 is 15.2 Å². The van der Waals surface area contributed by atoms with Crippen LogP contribution < -0.4 is 10.5 Å². The average Bonchev–Trinajstić information content (AvgIpc) is 2.81. The van der Waals surface area contributed by atoms with E-state index in [1.54, 1.807) is 13.2 Å². The fourth-order valence-electron chi connectivity index (χ4n) is 2.05. The van der Waals surface area contributed by atoms with Crippen molar-refractivity contribution in [3.05, 3.63) is 29.6 Å². The second-order valence-corrected chi connectivity index (χ2v) is 3.96. The molecule has 0 spiro atoms. The molecule has 3 nitrogen and oxygen atoms in total. The average molecular weight is 225 g/mol. The smallest absolute Gasteiger partial charge is 0.123 e. The van der Waals surface area contributed by atoms with Gasteiger partial charge in [-0.2, -0.15) is 0 Å². The number of ether oxygens (including phenoxy) is 2. The van der Waals surface area contributed by atoms with Gasteiger partial charge in [0.2, 0.25) is 0 Å². The molecular formula is C12H16FNO2. The summed E-state index contributed by atoms with van der Waals surface area (Å²) in [5.74, 6) is 0.314. The van der Waals surface area contributed by atoms with Gasteiger partial charge in [-0.15, -0.1) is 0 Å². The molecule has 1 aromatic carbocycles. The lowest BCUT2D eigenvalue weighted by atomic mass is 9.99. The van der Waals surface area contributed by atoms with E-state index in [9.17, 15) is 4.39 Å². The van der Waals surface area contributed by atoms with Gasteiger partial charge in [0.15, 0.2) is 0 Å². The van der Waals surface area contributed by atoms with Crippen LogP contribution >= 0.6 is 0 Å². The molecule has 16 heavy (non-hydrogen) atoms. The van der Waals surface area contributed by atoms with Gasteiger partial charge >= 0.3 is 0 Å². The first-order valence-corrected chi connectivity index (χ1v) is 5.43. The van der Waals surface area contributed by atoms with Crippen molar-refractivity contribution in [3.63, 3.8) is 0 Å². The van der Waals surface area contributed by atoms with Gasteiger partial charge in [0.25, 0.3) is 0 Å². The normalized spacial score (nSPS) is 22.1. The summed E-state index contributed by atoms with van der Waals surface area (Å²) in [5, 5.41) is 0. The maximum atomic E-state index is 13.2. The highest BCUT2D eigenvalue weighted by Gasteiger charge is 2.26. The minimum absolute atomic E-state index is 0.0318. The zero-order valence-corrected chi connectivity index (χ0v) is 9.28. The van der Waals surface area contributed by atoms with E-state index < -0.39 is 0 Å². The van der Waals surface area contributed by atoms with Gasteiger partial charge in [-0.05, 0) is 31.0 Å². The van der Waals surface area contributed by atoms with Gasteiger partial charge in [-0.1, -0.05) is 0 Å². The molecule has 88 valence electrons. The Bertz CT molecular complexity index is 364. The number of nitrogens with two attached hydrogens (primary N) is 1. The summed E-state index contributed by atoms with van der Waals surface area (Å²) in [6.45, 7) is 0.732. The molecule has 1 saturated heterocycles. The van der Waals surface area contributed by atoms with Gasteiger partial charge in [0, 0.05) is 12.2 Å². The van der Waals surface area contributed by atoms with Crippen LogP contribution in [0.2, 0.25) is 0 Å². The molecule has 1 aliphatic rings. The first kappa shape index (κ1) is 11.4. The van der Waals surface area contributed by atoms with Crippen molar-refractivity contribution in [3.8, 4) is 5.75 Å². The highest BCUT2D eigenvalue weighted by atomic mass is 19.1. The van der Waals surface area contributed by atoms with Crippen LogP contribution in [-0.2, 0) is 4.74 Å². The fourth-order valence-corrected chi connectivity index (χ4v) is 2.05. The molecule has 0 amide bonds. The lowest BCUT2D eigenvalue weighted by molar-refractivity contribution is 0.0892. The van der Waals surface area contributed by atoms with Crippen LogP contribution in [-0.4, -0.2) is 19.8 Å². The summed E-state index contributed by atoms with van der Waals surface area (Å²) in [6, 6.07) is 4.06. The van der Waals surface area contributed by atoms with Gasteiger partial charge in [-0.25, -0.2) is 4.39 Å². The molecule has 0 aromatic heterocycles. The van der Waals surface area contributed by atoms with Crippen LogP contribution in [0.3, 0.4) is 0 Å². The predicted molar refractivity (Wildman–Crippen MR) is 58.9 cm³/mol. The van der Waals surface area contributed by atoms with Crippen molar-refractivity contribution in [1.29, 1.82) is 0 Å². The van der Waals surface area contributed by atoms with Crippen LogP contribution in [0.25, 0.3) is 0 Å². The Hall–Kier alpha value is -1.13. The molecular weight excluding hydrogens is 209 g/mol. The minimum Gasteiger partial charge on any atom is -0.496 e. The standard InChI is InChI=1S/C12H16FNO2/c1-15-10-5-4-8(13)7-9(10)12(14)11-3-2-6-16-11/h4-5,7,11-12H,2-3,6,14H2,1H3. The Morgan fingerprint density at radius 1 is 1.56 bits per heavy atom. The number of hydrogen-bond donors (Lipinski definition) is 1. The Morgan fingerprint density at radius 2 is 2.38 bits per heavy atom. The van der Waals surface area contributed by atoms with Crippen molar-refractivity contribution in [2.24, 2.45) is 5.73 Å². The third-order valence-corrected chi connectivity index (χ3v) is 2.92. The van der Waals surface area contributed by atoms with Gasteiger partial charge in [-0.3, -0.25) is 0 Å². The SMILES string of the molecule is COc1ccc(F)cc1C(N)C1CCCO1. The number of methoxy groups -OCH3 is 1. The Labute approximate surface area is 94.3 Å². The molecule has 1 fully saturated rings. The molecule has 2 unspecified atom stereocenters. The molecule has 0 aliphatic carbocycles. The minimum atomic E-state index is -0.326. The largest absolute Gasteiger partial charge is 0.496 e. The fraction of sp³-hybridized carbons (Fsp3) is 0.500. The highest BCUT2D eigenvalue weighted by Crippen LogP contribution is 2.31. The van der Waals surface area contributed by atoms with Crippen LogP contribution in [0.5, 0.6) is 5.75 Å². The maximum absolute atomic E-state index is 13.2. The summed E-state index contributed by atoms with van der Waals surface area (Å²) >= 11 is 0. The van der Waals surface area contributed by atoms with E-state index in [2.05, 4.69) is 0 Å². The molecule has 1 heterocycles. The van der Waals surface area contributed by atoms with E-state index in [-0.39, 0.29) is 18.0 Å². The summed E-state index contributed by atoms with van der Waals surface area (Å²) < 4.78 is 23.9. The zero-order chi connectivity index (χ0) is 11.5. The molecule has 1 aliphatic heterocycles. The second kappa shape index (κ2) is 4.80. The molecule has 0 radical (unpaired) electrons. The Kier molecular flexibility index (Phi) is 3.41. The summed E-state index contributed by atoms with van der Waals surface area (Å²) in [5.41, 5.74) is 6.75. The lowest BCUT2D eigenvalue weighted by Crippen LogP contribution is -2.26. The third kappa shape index (κ3) is 2.18. The monoisotopic (exact) mass is 225 g/mol. The van der Waals surface area contributed by atoms with E-state index in [0.29, 0.717) is 11.3 Å². The van der Waals surface area contributed by atoms with E-state index in [1.165, 1.54) is 12.1 Å². The summed E-state index contributed by atoms with van der Waals surface area (Å²) in [6.07, 6.45) is 1.90.